The molecule has 0 spiro atoms. The van der Waals surface area contributed by atoms with E-state index in [0.717, 1.165) is 18.1 Å². The smallest absolute Gasteiger partial charge is 0.109 e. The van der Waals surface area contributed by atoms with E-state index >= 15 is 0 Å². The molecule has 0 aromatic carbocycles. The normalized spacial score (nSPS) is 36.3. The molecule has 0 aromatic rings. The predicted octanol–water partition coefficient (Wildman–Crippen LogP) is 6.48. The third-order valence-electron chi connectivity index (χ3n) is 7.73. The van der Waals surface area contributed by atoms with E-state index in [0.29, 0.717) is 5.41 Å². The molecule has 26 heavy (non-hydrogen) atoms. The molecular formula is C23H37NOSi. The van der Waals surface area contributed by atoms with Gasteiger partial charge in [0.15, 0.2) is 0 Å². The molecule has 3 aliphatic rings. The van der Waals surface area contributed by atoms with Crippen molar-refractivity contribution < 1.29 is 4.74 Å². The zero-order chi connectivity index (χ0) is 19.5. The first-order chi connectivity index (χ1) is 11.8. The van der Waals surface area contributed by atoms with Crippen molar-refractivity contribution in [2.45, 2.75) is 86.0 Å². The van der Waals surface area contributed by atoms with Crippen molar-refractivity contribution in [3.05, 3.63) is 23.1 Å². The van der Waals surface area contributed by atoms with E-state index in [1.807, 2.05) is 0 Å². The minimum Gasteiger partial charge on any atom is -0.493 e. The largest absolute Gasteiger partial charge is 0.493 e. The van der Waals surface area contributed by atoms with Crippen LogP contribution in [0.25, 0.3) is 0 Å². The van der Waals surface area contributed by atoms with E-state index in [1.54, 1.807) is 5.20 Å². The van der Waals surface area contributed by atoms with E-state index in [-0.39, 0.29) is 17.4 Å². The molecule has 144 valence electrons. The van der Waals surface area contributed by atoms with Crippen LogP contribution < -0.4 is 0 Å². The molecule has 2 saturated carbocycles. The molecule has 0 N–H and O–H groups in total. The second kappa shape index (κ2) is 5.99. The van der Waals surface area contributed by atoms with Gasteiger partial charge in [-0.05, 0) is 51.5 Å². The number of rotatable bonds is 4. The fraction of sp³-hybridized carbons (Fsp3) is 0.783. The molecule has 2 nitrogen and oxygen atoms in total. The molecule has 2 fully saturated rings. The average Bonchev–Trinajstić information content (AvgIpc) is 3.01. The Morgan fingerprint density at radius 2 is 1.85 bits per heavy atom. The van der Waals surface area contributed by atoms with Gasteiger partial charge in [0.1, 0.15) is 11.9 Å². The number of hydrogen-bond donors (Lipinski definition) is 0. The molecular weight excluding hydrogens is 334 g/mol. The summed E-state index contributed by atoms with van der Waals surface area (Å²) >= 11 is 0. The maximum absolute atomic E-state index is 9.83. The lowest BCUT2D eigenvalue weighted by Gasteiger charge is -2.45. The van der Waals surface area contributed by atoms with Crippen LogP contribution in [-0.2, 0) is 4.74 Å². The highest BCUT2D eigenvalue weighted by molar-refractivity contribution is 6.83. The summed E-state index contributed by atoms with van der Waals surface area (Å²) in [5, 5.41) is 11.4. The van der Waals surface area contributed by atoms with Gasteiger partial charge >= 0.3 is 0 Å². The van der Waals surface area contributed by atoms with Gasteiger partial charge in [-0.15, -0.1) is 0 Å². The molecule has 0 amide bonds. The van der Waals surface area contributed by atoms with Crippen LogP contribution in [0.3, 0.4) is 0 Å². The zero-order valence-corrected chi connectivity index (χ0v) is 19.1. The number of fused-ring (bicyclic) bond motifs is 2. The van der Waals surface area contributed by atoms with Gasteiger partial charge in [0.25, 0.3) is 0 Å². The summed E-state index contributed by atoms with van der Waals surface area (Å²) < 4.78 is 6.85. The monoisotopic (exact) mass is 371 g/mol. The lowest BCUT2D eigenvalue weighted by molar-refractivity contribution is -0.0701. The Labute approximate surface area is 161 Å². The van der Waals surface area contributed by atoms with Gasteiger partial charge in [-0.3, -0.25) is 0 Å². The van der Waals surface area contributed by atoms with Crippen molar-refractivity contribution in [1.29, 1.82) is 5.26 Å². The van der Waals surface area contributed by atoms with Crippen LogP contribution in [0.5, 0.6) is 0 Å². The minimum absolute atomic E-state index is 0.165. The summed E-state index contributed by atoms with van der Waals surface area (Å²) in [4.78, 5) is 0. The molecule has 2 bridgehead atoms. The van der Waals surface area contributed by atoms with Crippen LogP contribution >= 0.6 is 0 Å². The second-order valence-corrected chi connectivity index (χ2v) is 16.7. The Hall–Kier alpha value is -1.01. The van der Waals surface area contributed by atoms with E-state index in [4.69, 9.17) is 4.74 Å². The highest BCUT2D eigenvalue weighted by Crippen LogP contribution is 2.64. The summed E-state index contributed by atoms with van der Waals surface area (Å²) in [5.74, 6) is 2.00. The number of hydrogen-bond acceptors (Lipinski definition) is 2. The maximum Gasteiger partial charge on any atom is 0.109 e. The van der Waals surface area contributed by atoms with Crippen LogP contribution in [0.15, 0.2) is 23.1 Å². The Kier molecular flexibility index (Phi) is 4.55. The van der Waals surface area contributed by atoms with Crippen LogP contribution in [-0.4, -0.2) is 14.2 Å². The molecule has 3 rings (SSSR count). The molecule has 0 saturated heterocycles. The summed E-state index contributed by atoms with van der Waals surface area (Å²) in [6.45, 7) is 18.6. The number of allylic oxidation sites excluding steroid dienone is 4. The molecule has 3 aliphatic carbocycles. The van der Waals surface area contributed by atoms with E-state index in [9.17, 15) is 5.26 Å². The number of ether oxygens (including phenoxy) is 1. The van der Waals surface area contributed by atoms with Crippen LogP contribution in [0, 0.1) is 39.4 Å². The molecule has 0 aliphatic heterocycles. The van der Waals surface area contributed by atoms with Crippen molar-refractivity contribution in [3.8, 4) is 6.07 Å². The third kappa shape index (κ3) is 3.09. The topological polar surface area (TPSA) is 33.0 Å². The fourth-order valence-corrected chi connectivity index (χ4v) is 7.14. The first kappa shape index (κ1) is 19.7. The Morgan fingerprint density at radius 1 is 1.19 bits per heavy atom. The van der Waals surface area contributed by atoms with Gasteiger partial charge in [0, 0.05) is 16.7 Å². The minimum atomic E-state index is -1.37. The summed E-state index contributed by atoms with van der Waals surface area (Å²) in [6.07, 6.45) is 9.69. The van der Waals surface area contributed by atoms with Gasteiger partial charge in [0.05, 0.1) is 19.6 Å². The lowest BCUT2D eigenvalue weighted by Crippen LogP contribution is -2.44. The Bertz CT molecular complexity index is 683. The summed E-state index contributed by atoms with van der Waals surface area (Å²) in [7, 11) is -1.37. The average molecular weight is 372 g/mol. The molecule has 1 unspecified atom stereocenters. The summed E-state index contributed by atoms with van der Waals surface area (Å²) in [6, 6.07) is 2.57. The molecule has 4 atom stereocenters. The second-order valence-electron chi connectivity index (χ2n) is 11.5. The molecule has 0 aromatic heterocycles. The number of nitrogens with zero attached hydrogens (tertiary/aromatic N) is 1. The Morgan fingerprint density at radius 3 is 2.35 bits per heavy atom. The van der Waals surface area contributed by atoms with Crippen molar-refractivity contribution in [1.82, 2.24) is 0 Å². The van der Waals surface area contributed by atoms with Gasteiger partial charge < -0.3 is 4.74 Å². The predicted molar refractivity (Wildman–Crippen MR) is 111 cm³/mol. The van der Waals surface area contributed by atoms with E-state index < -0.39 is 13.5 Å². The Balaban J connectivity index is 1.95. The lowest BCUT2D eigenvalue weighted by atomic mass is 9.69. The maximum atomic E-state index is 9.83. The van der Waals surface area contributed by atoms with Crippen molar-refractivity contribution >= 4 is 8.07 Å². The third-order valence-corrected chi connectivity index (χ3v) is 10.0. The molecule has 3 heteroatoms. The SMILES string of the molecule is CC(C)(C#N)C1CC([Si](C)(C)C)=CC=C1O[C@H]1C(C)(C)[C@H]2CC[C@]1(C)C2. The quantitative estimate of drug-likeness (QED) is 0.530. The van der Waals surface area contributed by atoms with Crippen LogP contribution in [0.4, 0.5) is 0 Å². The van der Waals surface area contributed by atoms with Crippen molar-refractivity contribution in [2.24, 2.45) is 28.1 Å². The highest BCUT2D eigenvalue weighted by atomic mass is 28.3. The van der Waals surface area contributed by atoms with Gasteiger partial charge in [-0.1, -0.05) is 51.7 Å². The standard InChI is InChI=1S/C23H37NOSi/c1-21(2,15-24)18-13-17(26(6,7)8)9-10-19(18)25-20-22(3,4)16-11-12-23(20,5)14-16/h9-10,16,18,20H,11-14H2,1-8H3/t16-,18?,20-,23+/m0/s1. The highest BCUT2D eigenvalue weighted by Gasteiger charge is 2.61. The first-order valence-corrected chi connectivity index (χ1v) is 13.8. The van der Waals surface area contributed by atoms with Crippen molar-refractivity contribution in [2.75, 3.05) is 0 Å². The zero-order valence-electron chi connectivity index (χ0n) is 18.1. The van der Waals surface area contributed by atoms with Crippen molar-refractivity contribution in [3.63, 3.8) is 0 Å². The fourth-order valence-electron chi connectivity index (χ4n) is 5.74. The summed E-state index contributed by atoms with van der Waals surface area (Å²) in [5.41, 5.74) is 0.102. The van der Waals surface area contributed by atoms with Gasteiger partial charge in [-0.2, -0.15) is 5.26 Å². The van der Waals surface area contributed by atoms with Crippen LogP contribution in [0.2, 0.25) is 19.6 Å². The van der Waals surface area contributed by atoms with Gasteiger partial charge in [-0.25, -0.2) is 0 Å². The van der Waals surface area contributed by atoms with E-state index in [2.05, 4.69) is 72.5 Å². The molecule has 0 heterocycles. The van der Waals surface area contributed by atoms with E-state index in [1.165, 1.54) is 19.3 Å². The molecule has 0 radical (unpaired) electrons. The van der Waals surface area contributed by atoms with Gasteiger partial charge in [0.2, 0.25) is 0 Å². The first-order valence-electron chi connectivity index (χ1n) is 10.3. The number of nitriles is 1. The van der Waals surface area contributed by atoms with Crippen LogP contribution in [0.1, 0.15) is 60.3 Å².